The first-order chi connectivity index (χ1) is 16.5. The number of hydrogen-bond acceptors (Lipinski definition) is 6. The third-order valence-corrected chi connectivity index (χ3v) is 6.63. The number of piperidine rings is 1. The molecule has 2 aliphatic heterocycles. The number of carbonyl (C=O) groups excluding carboxylic acids is 3. The van der Waals surface area contributed by atoms with Gasteiger partial charge in [-0.05, 0) is 68.1 Å². The number of carbonyl (C=O) groups is 3. The lowest BCUT2D eigenvalue weighted by Crippen LogP contribution is -2.52. The van der Waals surface area contributed by atoms with Crippen molar-refractivity contribution in [2.45, 2.75) is 63.8 Å². The lowest BCUT2D eigenvalue weighted by atomic mass is 10.0. The second-order valence-corrected chi connectivity index (χ2v) is 8.92. The zero-order chi connectivity index (χ0) is 24.1. The van der Waals surface area contributed by atoms with Gasteiger partial charge in [-0.2, -0.15) is 0 Å². The molecule has 4 rings (SSSR count). The van der Waals surface area contributed by atoms with E-state index in [-0.39, 0.29) is 30.4 Å². The molecule has 3 aliphatic rings. The first kappa shape index (κ1) is 23.8. The molecule has 34 heavy (non-hydrogen) atoms. The van der Waals surface area contributed by atoms with Gasteiger partial charge >= 0.3 is 0 Å². The van der Waals surface area contributed by atoms with Crippen molar-refractivity contribution in [3.05, 3.63) is 65.4 Å². The topological polar surface area (TPSA) is 114 Å². The standard InChI is InChI=1S/C26H32N4O4/c1-2-3-4-6-17(14-27)15-28-21-7-5-8-23(21)34-19-9-10-20-18(13-19)16-30(26(20)33)22-11-12-24(31)29-25(22)32/h2-4,6,9-10,13-14,21-23,28H,5,7-8,11-12,15-16,27H2,1H3,(H,29,31,32)/b3-2-,6-4-,17-14+/t21-,22?,23+/m1/s1. The molecular weight excluding hydrogens is 432 g/mol. The molecule has 4 N–H and O–H groups in total. The lowest BCUT2D eigenvalue weighted by molar-refractivity contribution is -0.136. The van der Waals surface area contributed by atoms with E-state index >= 15 is 0 Å². The Kier molecular flexibility index (Phi) is 7.47. The summed E-state index contributed by atoms with van der Waals surface area (Å²) in [5.41, 5.74) is 8.20. The van der Waals surface area contributed by atoms with E-state index in [1.165, 1.54) is 0 Å². The molecule has 0 spiro atoms. The van der Waals surface area contributed by atoms with Crippen LogP contribution in [-0.2, 0) is 16.1 Å². The zero-order valence-corrected chi connectivity index (χ0v) is 19.5. The fourth-order valence-corrected chi connectivity index (χ4v) is 4.81. The molecule has 1 aliphatic carbocycles. The minimum absolute atomic E-state index is 0.0277. The number of allylic oxidation sites excluding steroid dienone is 3. The molecule has 3 amide bonds. The van der Waals surface area contributed by atoms with E-state index < -0.39 is 11.9 Å². The number of fused-ring (bicyclic) bond motifs is 1. The number of amides is 3. The highest BCUT2D eigenvalue weighted by Crippen LogP contribution is 2.32. The summed E-state index contributed by atoms with van der Waals surface area (Å²) in [6.07, 6.45) is 13.2. The summed E-state index contributed by atoms with van der Waals surface area (Å²) in [5, 5.41) is 5.90. The summed E-state index contributed by atoms with van der Waals surface area (Å²) in [6, 6.07) is 5.10. The summed E-state index contributed by atoms with van der Waals surface area (Å²) in [5.74, 6) is -0.148. The van der Waals surface area contributed by atoms with Crippen LogP contribution in [0.1, 0.15) is 54.9 Å². The highest BCUT2D eigenvalue weighted by molar-refractivity contribution is 6.05. The Bertz CT molecular complexity index is 1050. The van der Waals surface area contributed by atoms with Crippen LogP contribution in [0.15, 0.2) is 54.3 Å². The summed E-state index contributed by atoms with van der Waals surface area (Å²) in [7, 11) is 0. The molecule has 0 bridgehead atoms. The molecule has 8 nitrogen and oxygen atoms in total. The van der Waals surface area contributed by atoms with Gasteiger partial charge in [0.1, 0.15) is 17.9 Å². The van der Waals surface area contributed by atoms with Crippen LogP contribution in [0.2, 0.25) is 0 Å². The van der Waals surface area contributed by atoms with Crippen LogP contribution in [0.3, 0.4) is 0 Å². The molecule has 1 saturated carbocycles. The van der Waals surface area contributed by atoms with Gasteiger partial charge in [-0.3, -0.25) is 19.7 Å². The number of nitrogens with two attached hydrogens (primary N) is 1. The molecule has 0 aromatic heterocycles. The Balaban J connectivity index is 1.38. The van der Waals surface area contributed by atoms with Crippen molar-refractivity contribution in [3.8, 4) is 5.75 Å². The SMILES string of the molecule is C\C=C/C=C\C(=C/N)CN[C@@H]1CCC[C@@H]1Oc1ccc2c(c1)CN(C1CCC(=O)NC1=O)C2=O. The third kappa shape index (κ3) is 5.22. The lowest BCUT2D eigenvalue weighted by Gasteiger charge is -2.29. The number of benzene rings is 1. The second-order valence-electron chi connectivity index (χ2n) is 8.92. The van der Waals surface area contributed by atoms with Gasteiger partial charge in [-0.15, -0.1) is 0 Å². The van der Waals surface area contributed by atoms with Gasteiger partial charge < -0.3 is 20.7 Å². The van der Waals surface area contributed by atoms with Gasteiger partial charge in [0.25, 0.3) is 5.91 Å². The van der Waals surface area contributed by atoms with Crippen LogP contribution in [0, 0.1) is 0 Å². The van der Waals surface area contributed by atoms with E-state index in [1.54, 1.807) is 17.2 Å². The number of hydrogen-bond donors (Lipinski definition) is 3. The zero-order valence-electron chi connectivity index (χ0n) is 19.5. The quantitative estimate of drug-likeness (QED) is 0.402. The summed E-state index contributed by atoms with van der Waals surface area (Å²) < 4.78 is 6.33. The van der Waals surface area contributed by atoms with Gasteiger partial charge in [-0.25, -0.2) is 0 Å². The van der Waals surface area contributed by atoms with Gasteiger partial charge in [-0.1, -0.05) is 24.3 Å². The highest BCUT2D eigenvalue weighted by atomic mass is 16.5. The summed E-state index contributed by atoms with van der Waals surface area (Å²) in [6.45, 7) is 2.97. The first-order valence-electron chi connectivity index (χ1n) is 11.9. The average Bonchev–Trinajstić information content (AvgIpc) is 3.40. The minimum Gasteiger partial charge on any atom is -0.489 e. The van der Waals surface area contributed by atoms with Gasteiger partial charge in [0, 0.05) is 31.1 Å². The van der Waals surface area contributed by atoms with Crippen molar-refractivity contribution in [1.29, 1.82) is 0 Å². The van der Waals surface area contributed by atoms with Crippen molar-refractivity contribution in [1.82, 2.24) is 15.5 Å². The number of rotatable bonds is 8. The molecule has 2 fully saturated rings. The Labute approximate surface area is 199 Å². The van der Waals surface area contributed by atoms with Crippen molar-refractivity contribution >= 4 is 17.7 Å². The second kappa shape index (κ2) is 10.7. The van der Waals surface area contributed by atoms with Crippen molar-refractivity contribution < 1.29 is 19.1 Å². The third-order valence-electron chi connectivity index (χ3n) is 6.63. The molecular formula is C26H32N4O4. The largest absolute Gasteiger partial charge is 0.489 e. The van der Waals surface area contributed by atoms with E-state index in [4.69, 9.17) is 10.5 Å². The maximum Gasteiger partial charge on any atom is 0.255 e. The number of imide groups is 1. The smallest absolute Gasteiger partial charge is 0.255 e. The van der Waals surface area contributed by atoms with Gasteiger partial charge in [0.2, 0.25) is 11.8 Å². The van der Waals surface area contributed by atoms with Gasteiger partial charge in [0.15, 0.2) is 0 Å². The van der Waals surface area contributed by atoms with Crippen LogP contribution in [-0.4, -0.2) is 47.4 Å². The summed E-state index contributed by atoms with van der Waals surface area (Å²) >= 11 is 0. The van der Waals surface area contributed by atoms with Gasteiger partial charge in [0.05, 0.1) is 0 Å². The molecule has 8 heteroatoms. The molecule has 1 unspecified atom stereocenters. The van der Waals surface area contributed by atoms with E-state index in [9.17, 15) is 14.4 Å². The van der Waals surface area contributed by atoms with Crippen LogP contribution in [0.4, 0.5) is 0 Å². The van der Waals surface area contributed by atoms with Crippen LogP contribution in [0.5, 0.6) is 5.75 Å². The molecule has 1 aromatic rings. The Morgan fingerprint density at radius 2 is 2.09 bits per heavy atom. The normalized spacial score (nSPS) is 25.4. The number of nitrogens with zero attached hydrogens (tertiary/aromatic N) is 1. The summed E-state index contributed by atoms with van der Waals surface area (Å²) in [4.78, 5) is 38.1. The number of ether oxygens (including phenoxy) is 1. The molecule has 0 radical (unpaired) electrons. The molecule has 3 atom stereocenters. The van der Waals surface area contributed by atoms with Crippen LogP contribution in [0.25, 0.3) is 0 Å². The van der Waals surface area contributed by atoms with E-state index in [0.717, 1.165) is 36.1 Å². The first-order valence-corrected chi connectivity index (χ1v) is 11.9. The molecule has 1 aromatic carbocycles. The molecule has 1 saturated heterocycles. The van der Waals surface area contributed by atoms with Crippen molar-refractivity contribution in [2.24, 2.45) is 5.73 Å². The molecule has 180 valence electrons. The predicted octanol–water partition coefficient (Wildman–Crippen LogP) is 2.31. The predicted molar refractivity (Wildman–Crippen MR) is 129 cm³/mol. The van der Waals surface area contributed by atoms with Crippen LogP contribution < -0.4 is 21.1 Å². The van der Waals surface area contributed by atoms with E-state index in [1.807, 2.05) is 43.4 Å². The van der Waals surface area contributed by atoms with E-state index in [2.05, 4.69) is 10.6 Å². The average molecular weight is 465 g/mol. The Hall–Kier alpha value is -3.39. The fraction of sp³-hybridized carbons (Fsp3) is 0.423. The van der Waals surface area contributed by atoms with Crippen LogP contribution >= 0.6 is 0 Å². The van der Waals surface area contributed by atoms with Crippen molar-refractivity contribution in [2.75, 3.05) is 6.54 Å². The highest BCUT2D eigenvalue weighted by Gasteiger charge is 2.39. The Morgan fingerprint density at radius 1 is 1.24 bits per heavy atom. The maximum absolute atomic E-state index is 12.9. The monoisotopic (exact) mass is 464 g/mol. The minimum atomic E-state index is -0.614. The molecule has 2 heterocycles. The number of nitrogens with one attached hydrogen (secondary N) is 2. The Morgan fingerprint density at radius 3 is 2.85 bits per heavy atom. The van der Waals surface area contributed by atoms with E-state index in [0.29, 0.717) is 25.1 Å². The van der Waals surface area contributed by atoms with Crippen molar-refractivity contribution in [3.63, 3.8) is 0 Å². The maximum atomic E-state index is 12.9. The fourth-order valence-electron chi connectivity index (χ4n) is 4.81.